The Morgan fingerprint density at radius 2 is 2.07 bits per heavy atom. The van der Waals surface area contributed by atoms with Crippen molar-refractivity contribution in [1.29, 1.82) is 0 Å². The van der Waals surface area contributed by atoms with Crippen LogP contribution < -0.4 is 0 Å². The summed E-state index contributed by atoms with van der Waals surface area (Å²) >= 11 is 5.83. The molecule has 0 aliphatic carbocycles. The number of fused-ring (bicyclic) bond motifs is 1. The van der Waals surface area contributed by atoms with Crippen LogP contribution >= 0.6 is 11.6 Å². The number of nitrogens with one attached hydrogen (secondary N) is 1. The van der Waals surface area contributed by atoms with Gasteiger partial charge in [0.25, 0.3) is 0 Å². The van der Waals surface area contributed by atoms with E-state index in [-0.39, 0.29) is 5.82 Å². The van der Waals surface area contributed by atoms with Gasteiger partial charge in [-0.05, 0) is 37.1 Å². The average molecular weight is 212 g/mol. The van der Waals surface area contributed by atoms with Crippen LogP contribution in [0.2, 0.25) is 0 Å². The Labute approximate surface area is 86.9 Å². The van der Waals surface area contributed by atoms with Crippen molar-refractivity contribution in [2.45, 2.75) is 19.7 Å². The third kappa shape index (κ3) is 1.30. The molecule has 0 radical (unpaired) electrons. The molecule has 0 bridgehead atoms. The molecule has 0 atom stereocenters. The summed E-state index contributed by atoms with van der Waals surface area (Å²) in [5.74, 6) is 0.275. The number of benzene rings is 1. The minimum atomic E-state index is -0.181. The van der Waals surface area contributed by atoms with E-state index in [0.717, 1.165) is 22.2 Å². The summed E-state index contributed by atoms with van der Waals surface area (Å²) in [7, 11) is 0. The van der Waals surface area contributed by atoms with Crippen LogP contribution in [0.25, 0.3) is 10.9 Å². The summed E-state index contributed by atoms with van der Waals surface area (Å²) < 4.78 is 13.2. The predicted molar refractivity (Wildman–Crippen MR) is 57.3 cm³/mol. The Balaban J connectivity index is 2.82. The van der Waals surface area contributed by atoms with Crippen molar-refractivity contribution in [3.05, 3.63) is 34.8 Å². The second kappa shape index (κ2) is 3.28. The number of rotatable bonds is 1. The van der Waals surface area contributed by atoms with Crippen LogP contribution in [0.1, 0.15) is 16.8 Å². The number of halogens is 2. The molecule has 0 amide bonds. The molecule has 1 heterocycles. The van der Waals surface area contributed by atoms with Gasteiger partial charge in [-0.25, -0.2) is 4.39 Å². The highest BCUT2D eigenvalue weighted by atomic mass is 35.5. The van der Waals surface area contributed by atoms with Gasteiger partial charge in [-0.3, -0.25) is 0 Å². The molecule has 1 aromatic heterocycles. The highest BCUT2D eigenvalue weighted by Crippen LogP contribution is 2.25. The topological polar surface area (TPSA) is 15.8 Å². The number of aromatic amines is 1. The number of alkyl halides is 1. The second-order valence-electron chi connectivity index (χ2n) is 3.51. The number of hydrogen-bond acceptors (Lipinski definition) is 0. The molecule has 0 fully saturated rings. The van der Waals surface area contributed by atoms with Gasteiger partial charge in [0.15, 0.2) is 0 Å². The van der Waals surface area contributed by atoms with E-state index >= 15 is 0 Å². The molecule has 2 aromatic rings. The maximum atomic E-state index is 13.2. The molecule has 0 unspecified atom stereocenters. The number of aromatic nitrogens is 1. The molecule has 2 rings (SSSR count). The van der Waals surface area contributed by atoms with Crippen LogP contribution in [-0.4, -0.2) is 4.98 Å². The summed E-state index contributed by atoms with van der Waals surface area (Å²) in [6.07, 6.45) is 0. The Bertz CT molecular complexity index is 487. The summed E-state index contributed by atoms with van der Waals surface area (Å²) in [6.45, 7) is 3.71. The number of H-pyrrole nitrogens is 1. The molecule has 1 aromatic carbocycles. The average Bonchev–Trinajstić information content (AvgIpc) is 2.42. The maximum Gasteiger partial charge on any atom is 0.128 e. The Hall–Kier alpha value is -1.02. The van der Waals surface area contributed by atoms with E-state index in [1.807, 2.05) is 13.0 Å². The standard InChI is InChI=1S/C11H11ClFN/c1-6-3-8-9(5-12)7(2)14-11(8)4-10(6)13/h3-4,14H,5H2,1-2H3. The number of aryl methyl sites for hydroxylation is 2. The minimum absolute atomic E-state index is 0.181. The smallest absolute Gasteiger partial charge is 0.128 e. The van der Waals surface area contributed by atoms with Gasteiger partial charge in [0.1, 0.15) is 5.82 Å². The molecule has 14 heavy (non-hydrogen) atoms. The van der Waals surface area contributed by atoms with Crippen LogP contribution in [0, 0.1) is 19.7 Å². The maximum absolute atomic E-state index is 13.2. The zero-order valence-electron chi connectivity index (χ0n) is 8.12. The first-order valence-electron chi connectivity index (χ1n) is 4.46. The highest BCUT2D eigenvalue weighted by Gasteiger charge is 2.09. The SMILES string of the molecule is Cc1cc2c(CCl)c(C)[nH]c2cc1F. The van der Waals surface area contributed by atoms with Gasteiger partial charge in [0, 0.05) is 22.5 Å². The zero-order valence-corrected chi connectivity index (χ0v) is 8.87. The summed E-state index contributed by atoms with van der Waals surface area (Å²) in [6, 6.07) is 3.36. The van der Waals surface area contributed by atoms with Crippen molar-refractivity contribution in [1.82, 2.24) is 4.98 Å². The van der Waals surface area contributed by atoms with Gasteiger partial charge in [-0.15, -0.1) is 11.6 Å². The van der Waals surface area contributed by atoms with Gasteiger partial charge in [-0.2, -0.15) is 0 Å². The second-order valence-corrected chi connectivity index (χ2v) is 3.78. The molecule has 74 valence electrons. The first-order chi connectivity index (χ1) is 6.63. The molecule has 1 N–H and O–H groups in total. The molecule has 3 heteroatoms. The molecule has 1 nitrogen and oxygen atoms in total. The quantitative estimate of drug-likeness (QED) is 0.693. The third-order valence-electron chi connectivity index (χ3n) is 2.53. The van der Waals surface area contributed by atoms with Gasteiger partial charge >= 0.3 is 0 Å². The molecular weight excluding hydrogens is 201 g/mol. The van der Waals surface area contributed by atoms with Gasteiger partial charge < -0.3 is 4.98 Å². The van der Waals surface area contributed by atoms with Gasteiger partial charge in [-0.1, -0.05) is 0 Å². The van der Waals surface area contributed by atoms with E-state index in [2.05, 4.69) is 4.98 Å². The molecule has 0 saturated carbocycles. The van der Waals surface area contributed by atoms with Crippen molar-refractivity contribution >= 4 is 22.5 Å². The lowest BCUT2D eigenvalue weighted by Gasteiger charge is -1.98. The van der Waals surface area contributed by atoms with Crippen molar-refractivity contribution in [2.24, 2.45) is 0 Å². The van der Waals surface area contributed by atoms with Crippen molar-refractivity contribution in [3.63, 3.8) is 0 Å². The lowest BCUT2D eigenvalue weighted by Crippen LogP contribution is -1.82. The zero-order chi connectivity index (χ0) is 10.3. The van der Waals surface area contributed by atoms with Crippen molar-refractivity contribution in [3.8, 4) is 0 Å². The summed E-state index contributed by atoms with van der Waals surface area (Å²) in [5.41, 5.74) is 3.55. The highest BCUT2D eigenvalue weighted by molar-refractivity contribution is 6.18. The fourth-order valence-electron chi connectivity index (χ4n) is 1.69. The van der Waals surface area contributed by atoms with Crippen LogP contribution in [0.3, 0.4) is 0 Å². The molecule has 0 saturated heterocycles. The Morgan fingerprint density at radius 3 is 2.71 bits per heavy atom. The van der Waals surface area contributed by atoms with Crippen LogP contribution in [0.5, 0.6) is 0 Å². The van der Waals surface area contributed by atoms with E-state index in [1.165, 1.54) is 6.07 Å². The lowest BCUT2D eigenvalue weighted by atomic mass is 10.1. The number of hydrogen-bond donors (Lipinski definition) is 1. The van der Waals surface area contributed by atoms with Crippen molar-refractivity contribution in [2.75, 3.05) is 0 Å². The third-order valence-corrected chi connectivity index (χ3v) is 2.80. The van der Waals surface area contributed by atoms with Gasteiger partial charge in [0.05, 0.1) is 0 Å². The summed E-state index contributed by atoms with van der Waals surface area (Å²) in [4.78, 5) is 3.12. The Morgan fingerprint density at radius 1 is 1.36 bits per heavy atom. The molecule has 0 spiro atoms. The van der Waals surface area contributed by atoms with E-state index in [0.29, 0.717) is 11.4 Å². The normalized spacial score (nSPS) is 11.1. The predicted octanol–water partition coefficient (Wildman–Crippen LogP) is 3.66. The molecular formula is C11H11ClFN. The van der Waals surface area contributed by atoms with Crippen molar-refractivity contribution < 1.29 is 4.39 Å². The monoisotopic (exact) mass is 211 g/mol. The largest absolute Gasteiger partial charge is 0.358 e. The first kappa shape index (κ1) is 9.53. The molecule has 0 aliphatic rings. The Kier molecular flexibility index (Phi) is 2.23. The molecule has 0 aliphatic heterocycles. The van der Waals surface area contributed by atoms with E-state index in [9.17, 15) is 4.39 Å². The fourth-order valence-corrected chi connectivity index (χ4v) is 2.03. The van der Waals surface area contributed by atoms with E-state index < -0.39 is 0 Å². The van der Waals surface area contributed by atoms with Crippen LogP contribution in [-0.2, 0) is 5.88 Å². The first-order valence-corrected chi connectivity index (χ1v) is 5.00. The minimum Gasteiger partial charge on any atom is -0.358 e. The van der Waals surface area contributed by atoms with E-state index in [1.54, 1.807) is 6.92 Å². The van der Waals surface area contributed by atoms with Crippen LogP contribution in [0.15, 0.2) is 12.1 Å². The van der Waals surface area contributed by atoms with Gasteiger partial charge in [0.2, 0.25) is 0 Å². The lowest BCUT2D eigenvalue weighted by molar-refractivity contribution is 0.620. The fraction of sp³-hybridized carbons (Fsp3) is 0.273. The van der Waals surface area contributed by atoms with E-state index in [4.69, 9.17) is 11.6 Å². The van der Waals surface area contributed by atoms with Crippen LogP contribution in [0.4, 0.5) is 4.39 Å². The summed E-state index contributed by atoms with van der Waals surface area (Å²) in [5, 5.41) is 1.02.